The zero-order valence-corrected chi connectivity index (χ0v) is 80.8. The van der Waals surface area contributed by atoms with Crippen molar-refractivity contribution in [2.45, 2.75) is 75.3 Å². The molecular weight excluding hydrogens is 2060 g/mol. The molecule has 5 aliphatic heterocycles. The summed E-state index contributed by atoms with van der Waals surface area (Å²) in [6.45, 7) is 5.92. The highest BCUT2D eigenvalue weighted by atomic mass is 127. The number of likely N-dealkylation sites (tertiary alicyclic amines) is 1. The van der Waals surface area contributed by atoms with E-state index in [9.17, 15) is 46.9 Å². The molecule has 0 bridgehead atoms. The smallest absolute Gasteiger partial charge is 0.416 e. The van der Waals surface area contributed by atoms with Crippen molar-refractivity contribution in [1.29, 1.82) is 0 Å². The molecule has 0 aliphatic carbocycles. The van der Waals surface area contributed by atoms with E-state index in [1.165, 1.54) is 90.5 Å². The number of aromatic amines is 4. The van der Waals surface area contributed by atoms with Gasteiger partial charge in [-0.05, 0) is 344 Å². The van der Waals surface area contributed by atoms with Gasteiger partial charge in [0.2, 0.25) is 0 Å². The number of non-ortho nitro benzene ring substituents is 1. The molecule has 4 atom stereocenters. The van der Waals surface area contributed by atoms with Crippen LogP contribution in [0.15, 0.2) is 271 Å². The van der Waals surface area contributed by atoms with Crippen LogP contribution in [0.1, 0.15) is 116 Å². The molecule has 33 heteroatoms. The second-order valence-corrected chi connectivity index (χ2v) is 38.1. The molecule has 1 fully saturated rings. The zero-order valence-electron chi connectivity index (χ0n) is 72.5. The highest BCUT2D eigenvalue weighted by Gasteiger charge is 2.42. The second-order valence-electron chi connectivity index (χ2n) is 33.3. The first-order valence-corrected chi connectivity index (χ1v) is 48.1. The molecule has 5 aliphatic rings. The summed E-state index contributed by atoms with van der Waals surface area (Å²) in [6, 6.07) is 73.7. The third-order valence-corrected chi connectivity index (χ3v) is 27.5. The van der Waals surface area contributed by atoms with Gasteiger partial charge in [-0.3, -0.25) is 29.7 Å². The number of nitro groups is 1. The summed E-state index contributed by atoms with van der Waals surface area (Å²) in [5, 5.41) is 19.0. The highest BCUT2D eigenvalue weighted by molar-refractivity contribution is 14.1. The van der Waals surface area contributed by atoms with Crippen molar-refractivity contribution >= 4 is 182 Å². The van der Waals surface area contributed by atoms with Crippen molar-refractivity contribution in [3.8, 4) is 28.7 Å². The molecule has 0 radical (unpaired) electrons. The predicted octanol–water partition coefficient (Wildman–Crippen LogP) is 28.5. The monoisotopic (exact) mass is 2140 g/mol. The molecule has 4 unspecified atom stereocenters. The SMILES string of the molecule is O=C(Oc1ccc(Cl)cc1)N1CCc2c([nH]c3ccc(Cl)cc23)C1c1ccc(I)cc1.O=C(Oc1ccc(Cl)cc1)N1CCc2c([nH]c3ccc(Cl)cc23)C1c1ccc(OCCCN2CCCC2)cc1.O=C(Oc1ccc(Cl)cc1)N1CCc2c([nH]c3ccc(Cl)cc23)C1c1ccc([N+](=O)[O-])cc1.O=C(Oc1ccc(F)cc1)N1CCc2c([nH]c3ccc(Br)cc23)C1c1ccc(C(F)(F)F)cc1. The van der Waals surface area contributed by atoms with Gasteiger partial charge in [0.05, 0.1) is 17.1 Å². The first-order valence-electron chi connectivity index (χ1n) is 43.9. The van der Waals surface area contributed by atoms with Crippen molar-refractivity contribution < 1.29 is 65.3 Å². The van der Waals surface area contributed by atoms with E-state index in [2.05, 4.69) is 75.5 Å². The molecule has 21 rings (SSSR count). The van der Waals surface area contributed by atoms with E-state index >= 15 is 0 Å². The maximum atomic E-state index is 13.5. The van der Waals surface area contributed by atoms with Crippen LogP contribution in [0, 0.1) is 19.5 Å². The average molecular weight is 2140 g/mol. The van der Waals surface area contributed by atoms with E-state index in [-0.39, 0.29) is 30.1 Å². The Hall–Kier alpha value is -12.3. The Bertz CT molecular complexity index is 7160. The molecule has 4 N–H and O–H groups in total. The van der Waals surface area contributed by atoms with Gasteiger partial charge in [-0.2, -0.15) is 13.2 Å². The molecule has 4 aromatic heterocycles. The van der Waals surface area contributed by atoms with Gasteiger partial charge in [-0.1, -0.05) is 122 Å². The molecular formula is C104H82BrCl6F4IN10O11. The third-order valence-electron chi connectivity index (χ3n) is 24.8. The number of rotatable bonds is 14. The quantitative estimate of drug-likeness (QED) is 0.0262. The van der Waals surface area contributed by atoms with Crippen LogP contribution in [-0.4, -0.2) is 126 Å². The Morgan fingerprint density at radius 3 is 1.04 bits per heavy atom. The van der Waals surface area contributed by atoms with Crippen LogP contribution in [0.5, 0.6) is 28.7 Å². The van der Waals surface area contributed by atoms with Gasteiger partial charge < -0.3 is 48.5 Å². The Morgan fingerprint density at radius 2 is 0.693 bits per heavy atom. The number of nitrogens with one attached hydrogen (secondary N) is 4. The Kier molecular flexibility index (Phi) is 28.8. The Labute approximate surface area is 835 Å². The lowest BCUT2D eigenvalue weighted by molar-refractivity contribution is -0.384. The highest BCUT2D eigenvalue weighted by Crippen LogP contribution is 2.47. The molecule has 0 saturated carbocycles. The van der Waals surface area contributed by atoms with Crippen molar-refractivity contribution in [2.75, 3.05) is 52.4 Å². The van der Waals surface area contributed by atoms with E-state index < -0.39 is 58.9 Å². The van der Waals surface area contributed by atoms with E-state index in [1.54, 1.807) is 106 Å². The fraction of sp³-hybridized carbons (Fsp3) is 0.192. The van der Waals surface area contributed by atoms with Gasteiger partial charge >= 0.3 is 30.5 Å². The first kappa shape index (κ1) is 95.0. The number of hydrogen-bond donors (Lipinski definition) is 4. The van der Waals surface area contributed by atoms with Gasteiger partial charge in [-0.15, -0.1) is 0 Å². The minimum atomic E-state index is -4.47. The van der Waals surface area contributed by atoms with Crippen LogP contribution in [0.25, 0.3) is 43.6 Å². The maximum Gasteiger partial charge on any atom is 0.416 e. The third kappa shape index (κ3) is 21.5. The van der Waals surface area contributed by atoms with Crippen LogP contribution in [-0.2, 0) is 31.9 Å². The number of halogens is 12. The largest absolute Gasteiger partial charge is 0.494 e. The molecule has 1 saturated heterocycles. The number of fused-ring (bicyclic) bond motifs is 12. The number of amides is 4. The summed E-state index contributed by atoms with van der Waals surface area (Å²) in [5.41, 5.74) is 14.2. The minimum absolute atomic E-state index is 0.0199. The predicted molar refractivity (Wildman–Crippen MR) is 536 cm³/mol. The topological polar surface area (TPSA) is 237 Å². The van der Waals surface area contributed by atoms with Crippen LogP contribution >= 0.6 is 108 Å². The van der Waals surface area contributed by atoms with Crippen LogP contribution < -0.4 is 23.7 Å². The fourth-order valence-electron chi connectivity index (χ4n) is 18.4. The number of carbonyl (C=O) groups excluding carboxylic acids is 4. The molecule has 698 valence electrons. The van der Waals surface area contributed by atoms with E-state index in [0.717, 1.165) is 133 Å². The summed E-state index contributed by atoms with van der Waals surface area (Å²) >= 11 is 42.5. The van der Waals surface area contributed by atoms with Gasteiger partial charge in [0.25, 0.3) is 5.69 Å². The van der Waals surface area contributed by atoms with Gasteiger partial charge in [-0.25, -0.2) is 23.6 Å². The standard InChI is InChI=1S/C31H31Cl2N3O3.C25H17BrF4N2O2.C24H17Cl2IN2O2.C24H17Cl2N3O4/c32-22-6-11-25(12-7-22)39-31(37)36-18-14-26-27-20-23(33)8-13-28(27)34-29(26)30(36)21-4-9-24(10-5-21)38-19-3-17-35-15-1-2-16-35;26-16-5-10-21-20(13-16)19-11-12-32(24(33)34-18-8-6-17(27)7-9-18)23(22(19)31-21)14-1-3-15(4-2-14)25(28,29)30;25-15-3-8-18(9-4-15)31-24(30)29-12-11-19-20-13-16(26)5-10-21(20)28-22(19)23(29)14-1-6-17(27)7-2-14;25-15-3-8-18(9-4-15)33-24(30)28-12-11-19-20-13-16(26)5-10-21(20)27-22(19)23(28)14-1-6-17(7-2-14)29(31)32/h4-13,20,30,34H,1-3,14-19H2;1-10,13,23,31H,11-12H2;1-10,13,23,28H,11-12H2;1-10,13,23,27H,11-12H2. The van der Waals surface area contributed by atoms with Crippen LogP contribution in [0.3, 0.4) is 0 Å². The van der Waals surface area contributed by atoms with Crippen molar-refractivity contribution in [1.82, 2.24) is 44.4 Å². The number of carbonyl (C=O) groups is 4. The number of aromatic nitrogens is 4. The molecule has 4 amide bonds. The minimum Gasteiger partial charge on any atom is -0.494 e. The molecule has 9 heterocycles. The van der Waals surface area contributed by atoms with E-state index in [0.29, 0.717) is 105 Å². The lowest BCUT2D eigenvalue weighted by Crippen LogP contribution is -2.42. The van der Waals surface area contributed by atoms with Crippen molar-refractivity contribution in [2.24, 2.45) is 0 Å². The maximum absolute atomic E-state index is 13.5. The number of nitro benzene ring substituents is 1. The lowest BCUT2D eigenvalue weighted by Gasteiger charge is -2.35. The summed E-state index contributed by atoms with van der Waals surface area (Å²) in [4.78, 5) is 86.8. The van der Waals surface area contributed by atoms with E-state index in [1.807, 2.05) is 103 Å². The fourth-order valence-corrected chi connectivity index (χ4v) is 20.0. The number of ether oxygens (including phenoxy) is 5. The lowest BCUT2D eigenvalue weighted by atomic mass is 9.92. The molecule has 21 nitrogen and oxygen atoms in total. The van der Waals surface area contributed by atoms with Gasteiger partial charge in [0, 0.05) is 149 Å². The summed E-state index contributed by atoms with van der Waals surface area (Å²) in [6.07, 6.45) is -0.314. The number of benzene rings is 12. The Morgan fingerprint density at radius 1 is 0.394 bits per heavy atom. The van der Waals surface area contributed by atoms with Gasteiger partial charge in [0.1, 0.15) is 58.7 Å². The Balaban J connectivity index is 0.000000122. The summed E-state index contributed by atoms with van der Waals surface area (Å²) in [5.74, 6) is 1.83. The summed E-state index contributed by atoms with van der Waals surface area (Å²) < 4.78 is 83.2. The van der Waals surface area contributed by atoms with Crippen molar-refractivity contribution in [3.63, 3.8) is 0 Å². The second kappa shape index (κ2) is 41.6. The van der Waals surface area contributed by atoms with Crippen molar-refractivity contribution in [3.05, 3.63) is 394 Å². The van der Waals surface area contributed by atoms with Crippen LogP contribution in [0.2, 0.25) is 30.1 Å². The zero-order chi connectivity index (χ0) is 95.5. The number of nitrogens with zero attached hydrogens (tertiary/aromatic N) is 6. The number of hydrogen-bond acceptors (Lipinski definition) is 12. The number of H-pyrrole nitrogens is 4. The normalized spacial score (nSPS) is 16.1. The molecule has 12 aromatic carbocycles. The summed E-state index contributed by atoms with van der Waals surface area (Å²) in [7, 11) is 0. The molecule has 137 heavy (non-hydrogen) atoms. The molecule has 0 spiro atoms. The first-order chi connectivity index (χ1) is 66.1. The van der Waals surface area contributed by atoms with E-state index in [4.69, 9.17) is 93.3 Å². The number of alkyl halides is 3. The van der Waals surface area contributed by atoms with Crippen LogP contribution in [0.4, 0.5) is 42.4 Å². The van der Waals surface area contributed by atoms with Gasteiger partial charge in [0.15, 0.2) is 0 Å². The molecule has 16 aromatic rings. The average Bonchev–Trinajstić information content (AvgIpc) is 1.61.